The Morgan fingerprint density at radius 2 is 1.96 bits per heavy atom. The number of carbonyl (C=O) groups is 2. The number of carbonyl (C=O) groups excluding carboxylic acids is 2. The molecule has 0 fully saturated rings. The molecule has 1 heterocycles. The van der Waals surface area contributed by atoms with Crippen LogP contribution in [0, 0.1) is 0 Å². The number of rotatable bonds is 6. The Hall–Kier alpha value is -2.40. The molecule has 0 unspecified atom stereocenters. The number of hydrogen-bond donors (Lipinski definition) is 1. The van der Waals surface area contributed by atoms with E-state index < -0.39 is 0 Å². The standard InChI is InChI=1S/C17H17ClN2O3/c1-2-3-6-15(21)23-13-9-7-12(8-10-13)20-17(22)14-5-4-11-19-16(14)18/h4-5,7-11H,2-3,6H2,1H3,(H,20,22). The maximum atomic E-state index is 12.1. The molecule has 0 bridgehead atoms. The van der Waals surface area contributed by atoms with Crippen LogP contribution in [-0.4, -0.2) is 16.9 Å². The van der Waals surface area contributed by atoms with Crippen LogP contribution in [0.2, 0.25) is 5.15 Å². The lowest BCUT2D eigenvalue weighted by molar-refractivity contribution is -0.134. The maximum Gasteiger partial charge on any atom is 0.311 e. The number of unbranched alkanes of at least 4 members (excludes halogenated alkanes) is 1. The quantitative estimate of drug-likeness (QED) is 0.491. The lowest BCUT2D eigenvalue weighted by Crippen LogP contribution is -2.13. The third-order valence-corrected chi connectivity index (χ3v) is 3.38. The van der Waals surface area contributed by atoms with E-state index in [0.717, 1.165) is 12.8 Å². The minimum Gasteiger partial charge on any atom is -0.427 e. The molecule has 1 amide bonds. The molecule has 5 nitrogen and oxygen atoms in total. The van der Waals surface area contributed by atoms with Crippen molar-refractivity contribution in [1.29, 1.82) is 0 Å². The van der Waals surface area contributed by atoms with Gasteiger partial charge in [-0.2, -0.15) is 0 Å². The number of halogens is 1. The van der Waals surface area contributed by atoms with Crippen molar-refractivity contribution in [3.63, 3.8) is 0 Å². The molecule has 0 aliphatic carbocycles. The van der Waals surface area contributed by atoms with Crippen LogP contribution in [0.25, 0.3) is 0 Å². The third kappa shape index (κ3) is 5.07. The Bertz CT molecular complexity index is 686. The second-order valence-corrected chi connectivity index (χ2v) is 5.26. The topological polar surface area (TPSA) is 68.3 Å². The van der Waals surface area contributed by atoms with Gasteiger partial charge in [-0.3, -0.25) is 9.59 Å². The van der Waals surface area contributed by atoms with E-state index in [-0.39, 0.29) is 17.0 Å². The number of nitrogens with zero attached hydrogens (tertiary/aromatic N) is 1. The number of benzene rings is 1. The number of ether oxygens (including phenoxy) is 1. The minimum absolute atomic E-state index is 0.145. The van der Waals surface area contributed by atoms with Crippen molar-refractivity contribution in [3.8, 4) is 5.75 Å². The molecule has 0 radical (unpaired) electrons. The lowest BCUT2D eigenvalue weighted by Gasteiger charge is -2.08. The van der Waals surface area contributed by atoms with Crippen molar-refractivity contribution in [1.82, 2.24) is 4.98 Å². The van der Waals surface area contributed by atoms with Gasteiger partial charge in [0.15, 0.2) is 0 Å². The molecule has 23 heavy (non-hydrogen) atoms. The van der Waals surface area contributed by atoms with Gasteiger partial charge in [-0.1, -0.05) is 24.9 Å². The summed E-state index contributed by atoms with van der Waals surface area (Å²) in [7, 11) is 0. The Balaban J connectivity index is 1.96. The SMILES string of the molecule is CCCCC(=O)Oc1ccc(NC(=O)c2cccnc2Cl)cc1. The molecule has 6 heteroatoms. The predicted molar refractivity (Wildman–Crippen MR) is 88.8 cm³/mol. The molecule has 120 valence electrons. The Morgan fingerprint density at radius 1 is 1.22 bits per heavy atom. The molecule has 0 atom stereocenters. The zero-order valence-corrected chi connectivity index (χ0v) is 13.5. The van der Waals surface area contributed by atoms with Gasteiger partial charge < -0.3 is 10.1 Å². The van der Waals surface area contributed by atoms with E-state index in [0.29, 0.717) is 23.4 Å². The van der Waals surface area contributed by atoms with E-state index in [2.05, 4.69) is 10.3 Å². The van der Waals surface area contributed by atoms with Gasteiger partial charge in [0.1, 0.15) is 10.9 Å². The first-order valence-electron chi connectivity index (χ1n) is 7.32. The van der Waals surface area contributed by atoms with Crippen LogP contribution in [0.5, 0.6) is 5.75 Å². The average Bonchev–Trinajstić information content (AvgIpc) is 2.55. The first-order valence-corrected chi connectivity index (χ1v) is 7.70. The van der Waals surface area contributed by atoms with Gasteiger partial charge in [-0.15, -0.1) is 0 Å². The number of pyridine rings is 1. The fraction of sp³-hybridized carbons (Fsp3) is 0.235. The molecule has 2 aromatic rings. The molecule has 0 aliphatic rings. The van der Waals surface area contributed by atoms with Crippen molar-refractivity contribution < 1.29 is 14.3 Å². The number of anilines is 1. The number of hydrogen-bond acceptors (Lipinski definition) is 4. The first-order chi connectivity index (χ1) is 11.1. The van der Waals surface area contributed by atoms with Crippen LogP contribution >= 0.6 is 11.6 Å². The second-order valence-electron chi connectivity index (χ2n) is 4.90. The highest BCUT2D eigenvalue weighted by molar-refractivity contribution is 6.33. The largest absolute Gasteiger partial charge is 0.427 e. The van der Waals surface area contributed by atoms with Gasteiger partial charge in [-0.25, -0.2) is 4.98 Å². The second kappa shape index (κ2) is 8.29. The summed E-state index contributed by atoms with van der Waals surface area (Å²) in [5.74, 6) is -0.162. The van der Waals surface area contributed by atoms with Crippen LogP contribution in [-0.2, 0) is 4.79 Å². The van der Waals surface area contributed by atoms with Crippen LogP contribution < -0.4 is 10.1 Å². The maximum absolute atomic E-state index is 12.1. The highest BCUT2D eigenvalue weighted by Crippen LogP contribution is 2.19. The molecule has 0 spiro atoms. The van der Waals surface area contributed by atoms with Gasteiger partial charge in [-0.05, 0) is 42.8 Å². The summed E-state index contributed by atoms with van der Waals surface area (Å²) < 4.78 is 5.20. The molecule has 2 rings (SSSR count). The van der Waals surface area contributed by atoms with Gasteiger partial charge in [0.25, 0.3) is 5.91 Å². The highest BCUT2D eigenvalue weighted by atomic mass is 35.5. The van der Waals surface area contributed by atoms with E-state index in [1.807, 2.05) is 6.92 Å². The van der Waals surface area contributed by atoms with Crippen molar-refractivity contribution in [3.05, 3.63) is 53.3 Å². The Labute approximate surface area is 139 Å². The number of esters is 1. The monoisotopic (exact) mass is 332 g/mol. The summed E-state index contributed by atoms with van der Waals surface area (Å²) in [5.41, 5.74) is 0.868. The van der Waals surface area contributed by atoms with Gasteiger partial charge >= 0.3 is 5.97 Å². The normalized spacial score (nSPS) is 10.2. The van der Waals surface area contributed by atoms with Gasteiger partial charge in [0.2, 0.25) is 0 Å². The van der Waals surface area contributed by atoms with Gasteiger partial charge in [0, 0.05) is 18.3 Å². The number of amides is 1. The van der Waals surface area contributed by atoms with Gasteiger partial charge in [0.05, 0.1) is 5.56 Å². The van der Waals surface area contributed by atoms with Crippen molar-refractivity contribution in [2.45, 2.75) is 26.2 Å². The Kier molecular flexibility index (Phi) is 6.11. The zero-order valence-electron chi connectivity index (χ0n) is 12.7. The van der Waals surface area contributed by atoms with E-state index in [4.69, 9.17) is 16.3 Å². The molecule has 1 N–H and O–H groups in total. The van der Waals surface area contributed by atoms with Crippen LogP contribution in [0.4, 0.5) is 5.69 Å². The first kappa shape index (κ1) is 17.0. The Morgan fingerprint density at radius 3 is 2.61 bits per heavy atom. The van der Waals surface area contributed by atoms with E-state index in [1.54, 1.807) is 36.4 Å². The van der Waals surface area contributed by atoms with Crippen LogP contribution in [0.3, 0.4) is 0 Å². The van der Waals surface area contributed by atoms with Crippen molar-refractivity contribution in [2.75, 3.05) is 5.32 Å². The average molecular weight is 333 g/mol. The van der Waals surface area contributed by atoms with Crippen LogP contribution in [0.1, 0.15) is 36.5 Å². The molecular weight excluding hydrogens is 316 g/mol. The predicted octanol–water partition coefficient (Wildman–Crippen LogP) is 4.08. The smallest absolute Gasteiger partial charge is 0.311 e. The fourth-order valence-electron chi connectivity index (χ4n) is 1.86. The highest BCUT2D eigenvalue weighted by Gasteiger charge is 2.11. The summed E-state index contributed by atoms with van der Waals surface area (Å²) >= 11 is 5.88. The molecule has 0 saturated heterocycles. The molecule has 1 aromatic carbocycles. The van der Waals surface area contributed by atoms with E-state index in [9.17, 15) is 9.59 Å². The number of nitrogens with one attached hydrogen (secondary N) is 1. The fourth-order valence-corrected chi connectivity index (χ4v) is 2.07. The summed E-state index contributed by atoms with van der Waals surface area (Å²) in [6.45, 7) is 2.01. The van der Waals surface area contributed by atoms with E-state index in [1.165, 1.54) is 6.20 Å². The summed E-state index contributed by atoms with van der Waals surface area (Å²) in [6.07, 6.45) is 3.66. The molecule has 1 aromatic heterocycles. The zero-order chi connectivity index (χ0) is 16.7. The van der Waals surface area contributed by atoms with Crippen molar-refractivity contribution in [2.24, 2.45) is 0 Å². The molecular formula is C17H17ClN2O3. The van der Waals surface area contributed by atoms with Crippen molar-refractivity contribution >= 4 is 29.2 Å². The lowest BCUT2D eigenvalue weighted by atomic mass is 10.2. The summed E-state index contributed by atoms with van der Waals surface area (Å²) in [4.78, 5) is 27.5. The third-order valence-electron chi connectivity index (χ3n) is 3.08. The number of aromatic nitrogens is 1. The summed E-state index contributed by atoms with van der Waals surface area (Å²) in [5, 5.41) is 2.85. The summed E-state index contributed by atoms with van der Waals surface area (Å²) in [6, 6.07) is 9.80. The van der Waals surface area contributed by atoms with E-state index >= 15 is 0 Å². The molecule has 0 aliphatic heterocycles. The minimum atomic E-state index is -0.351. The molecule has 0 saturated carbocycles. The van der Waals surface area contributed by atoms with Crippen LogP contribution in [0.15, 0.2) is 42.6 Å².